The molecule has 5 rings (SSSR count). The second-order valence-electron chi connectivity index (χ2n) is 8.00. The van der Waals surface area contributed by atoms with Gasteiger partial charge in [0.1, 0.15) is 40.2 Å². The molecule has 192 valence electrons. The van der Waals surface area contributed by atoms with Crippen molar-refractivity contribution >= 4 is 68.6 Å². The molecule has 0 spiro atoms. The number of aliphatic carboxylic acids is 1. The van der Waals surface area contributed by atoms with Crippen LogP contribution in [0.3, 0.4) is 0 Å². The van der Waals surface area contributed by atoms with Crippen LogP contribution in [-0.4, -0.2) is 60.9 Å². The summed E-state index contributed by atoms with van der Waals surface area (Å²) in [6, 6.07) is 9.61. The van der Waals surface area contributed by atoms with Gasteiger partial charge < -0.3 is 19.6 Å². The number of carbonyl (C=O) groups excluding carboxylic acids is 2. The van der Waals surface area contributed by atoms with Gasteiger partial charge in [-0.05, 0) is 48.9 Å². The molecule has 1 fully saturated rings. The first-order valence-corrected chi connectivity index (χ1v) is 14.6. The zero-order chi connectivity index (χ0) is 26.1. The lowest BCUT2D eigenvalue weighted by molar-refractivity contribution is -0.148. The zero-order valence-corrected chi connectivity index (χ0v) is 23.2. The van der Waals surface area contributed by atoms with Crippen LogP contribution in [0.1, 0.15) is 21.3 Å². The van der Waals surface area contributed by atoms with Gasteiger partial charge in [0, 0.05) is 16.0 Å². The highest BCUT2D eigenvalue weighted by atomic mass is 79.9. The third kappa shape index (κ3) is 5.56. The fraction of sp³-hybridized carbons (Fsp3) is 0.261. The number of aromatic nitrogens is 2. The number of fused-ring (bicyclic) bond motifs is 1. The molecule has 14 heteroatoms. The molecule has 2 amide bonds. The number of nitrogens with zero attached hydrogens (tertiary/aromatic N) is 3. The van der Waals surface area contributed by atoms with E-state index in [9.17, 15) is 19.5 Å². The normalized spacial score (nSPS) is 18.9. The lowest BCUT2D eigenvalue weighted by atomic mass is 10.0. The number of furan rings is 1. The maximum absolute atomic E-state index is 12.9. The first-order chi connectivity index (χ1) is 17.8. The van der Waals surface area contributed by atoms with Crippen molar-refractivity contribution < 1.29 is 28.6 Å². The molecule has 0 radical (unpaired) electrons. The molecule has 2 atom stereocenters. The minimum atomic E-state index is -1.17. The summed E-state index contributed by atoms with van der Waals surface area (Å²) in [4.78, 5) is 39.0. The van der Waals surface area contributed by atoms with Gasteiger partial charge in [0.25, 0.3) is 11.8 Å². The number of halogens is 1. The number of thioether (sulfide) groups is 2. The summed E-state index contributed by atoms with van der Waals surface area (Å²) in [7, 11) is 0. The SMILES string of the molecule is Cc1nnc(SCC2=C(C(=O)O)N3C(=O)[C@@H](NC(=O)c4ccc(COc5ccc(Br)cc5)o4)[C@H]3SC2)s1. The Balaban J connectivity index is 1.20. The number of carbonyl (C=O) groups is 3. The summed E-state index contributed by atoms with van der Waals surface area (Å²) in [5, 5.41) is 20.8. The molecule has 37 heavy (non-hydrogen) atoms. The van der Waals surface area contributed by atoms with Crippen LogP contribution in [0.15, 0.2) is 60.9 Å². The molecule has 2 aliphatic heterocycles. The van der Waals surface area contributed by atoms with Crippen LogP contribution in [0.2, 0.25) is 0 Å². The molecular formula is C23H19BrN4O6S3. The number of rotatable bonds is 9. The van der Waals surface area contributed by atoms with Crippen molar-refractivity contribution in [1.82, 2.24) is 20.4 Å². The van der Waals surface area contributed by atoms with E-state index in [1.54, 1.807) is 18.2 Å². The third-order valence-electron chi connectivity index (χ3n) is 5.49. The van der Waals surface area contributed by atoms with Gasteiger partial charge in [-0.15, -0.1) is 22.0 Å². The van der Waals surface area contributed by atoms with E-state index in [0.717, 1.165) is 13.8 Å². The van der Waals surface area contributed by atoms with Crippen molar-refractivity contribution in [2.75, 3.05) is 11.5 Å². The lowest BCUT2D eigenvalue weighted by Gasteiger charge is -2.49. The Morgan fingerprint density at radius 2 is 2.05 bits per heavy atom. The maximum atomic E-state index is 12.9. The van der Waals surface area contributed by atoms with E-state index in [1.165, 1.54) is 45.8 Å². The standard InChI is InChI=1S/C23H19BrN4O6S3/c1-11-26-27-23(37-11)36-10-12-9-35-21-17(20(30)28(21)18(12)22(31)32)25-19(29)16-7-6-15(34-16)8-33-14-4-2-13(24)3-5-14/h2-7,17,21H,8-10H2,1H3,(H,25,29)(H,31,32)/t17-,21-/m1/s1. The zero-order valence-electron chi connectivity index (χ0n) is 19.2. The van der Waals surface area contributed by atoms with Crippen molar-refractivity contribution in [3.63, 3.8) is 0 Å². The van der Waals surface area contributed by atoms with E-state index in [0.29, 0.717) is 28.6 Å². The molecule has 0 saturated carbocycles. The summed E-state index contributed by atoms with van der Waals surface area (Å²) in [6.45, 7) is 1.98. The van der Waals surface area contributed by atoms with E-state index in [1.807, 2.05) is 19.1 Å². The first-order valence-electron chi connectivity index (χ1n) is 10.9. The summed E-state index contributed by atoms with van der Waals surface area (Å²) in [6.07, 6.45) is 0. The molecule has 0 unspecified atom stereocenters. The predicted molar refractivity (Wildman–Crippen MR) is 142 cm³/mol. The number of ether oxygens (including phenoxy) is 1. The van der Waals surface area contributed by atoms with E-state index in [4.69, 9.17) is 9.15 Å². The van der Waals surface area contributed by atoms with Crippen LogP contribution in [0, 0.1) is 6.92 Å². The predicted octanol–water partition coefficient (Wildman–Crippen LogP) is 3.93. The van der Waals surface area contributed by atoms with Crippen LogP contribution in [-0.2, 0) is 16.2 Å². The van der Waals surface area contributed by atoms with Gasteiger partial charge in [-0.3, -0.25) is 14.5 Å². The average molecular weight is 624 g/mol. The number of amides is 2. The Bertz CT molecular complexity index is 1390. The second kappa shape index (κ2) is 10.9. The minimum absolute atomic E-state index is 0.0293. The molecule has 0 bridgehead atoms. The van der Waals surface area contributed by atoms with E-state index in [-0.39, 0.29) is 18.1 Å². The quantitative estimate of drug-likeness (QED) is 0.267. The highest BCUT2D eigenvalue weighted by Gasteiger charge is 2.54. The topological polar surface area (TPSA) is 135 Å². The molecule has 0 aliphatic carbocycles. The monoisotopic (exact) mass is 622 g/mol. The number of hydrogen-bond donors (Lipinski definition) is 2. The van der Waals surface area contributed by atoms with Crippen LogP contribution < -0.4 is 10.1 Å². The van der Waals surface area contributed by atoms with E-state index in [2.05, 4.69) is 31.4 Å². The van der Waals surface area contributed by atoms with E-state index < -0.39 is 29.2 Å². The largest absolute Gasteiger partial charge is 0.486 e. The Labute approximate surface area is 232 Å². The number of carboxylic acid groups (broad SMARTS) is 1. The van der Waals surface area contributed by atoms with Crippen LogP contribution in [0.5, 0.6) is 5.75 Å². The highest BCUT2D eigenvalue weighted by molar-refractivity contribution is 9.10. The van der Waals surface area contributed by atoms with Crippen molar-refractivity contribution in [3.05, 3.63) is 68.7 Å². The average Bonchev–Trinajstić information content (AvgIpc) is 3.53. The number of benzene rings is 1. The lowest BCUT2D eigenvalue weighted by Crippen LogP contribution is -2.70. The van der Waals surface area contributed by atoms with Gasteiger partial charge in [0.15, 0.2) is 10.1 Å². The van der Waals surface area contributed by atoms with Gasteiger partial charge in [-0.2, -0.15) is 0 Å². The number of nitrogens with one attached hydrogen (secondary N) is 1. The van der Waals surface area contributed by atoms with Crippen molar-refractivity contribution in [2.24, 2.45) is 0 Å². The fourth-order valence-corrected chi connectivity index (χ4v) is 7.32. The van der Waals surface area contributed by atoms with Gasteiger partial charge in [0.05, 0.1) is 0 Å². The molecule has 10 nitrogen and oxygen atoms in total. The Morgan fingerprint density at radius 3 is 2.76 bits per heavy atom. The third-order valence-corrected chi connectivity index (χ3v) is 9.42. The van der Waals surface area contributed by atoms with Gasteiger partial charge in [-0.25, -0.2) is 4.79 Å². The molecule has 3 aromatic rings. The second-order valence-corrected chi connectivity index (χ2v) is 12.4. The van der Waals surface area contributed by atoms with Gasteiger partial charge in [-0.1, -0.05) is 39.0 Å². The van der Waals surface area contributed by atoms with Crippen LogP contribution in [0.25, 0.3) is 0 Å². The Morgan fingerprint density at radius 1 is 1.27 bits per heavy atom. The maximum Gasteiger partial charge on any atom is 0.352 e. The molecule has 4 heterocycles. The summed E-state index contributed by atoms with van der Waals surface area (Å²) in [5.41, 5.74) is 0.601. The molecule has 2 N–H and O–H groups in total. The minimum Gasteiger partial charge on any atom is -0.486 e. The van der Waals surface area contributed by atoms with Crippen molar-refractivity contribution in [1.29, 1.82) is 0 Å². The highest BCUT2D eigenvalue weighted by Crippen LogP contribution is 2.42. The van der Waals surface area contributed by atoms with Gasteiger partial charge in [0.2, 0.25) is 0 Å². The summed E-state index contributed by atoms with van der Waals surface area (Å²) in [5.74, 6) is -0.248. The number of hydrogen-bond acceptors (Lipinski definition) is 10. The first kappa shape index (κ1) is 25.8. The molecule has 2 aliphatic rings. The number of carboxylic acids is 1. The van der Waals surface area contributed by atoms with Gasteiger partial charge >= 0.3 is 5.97 Å². The van der Waals surface area contributed by atoms with E-state index >= 15 is 0 Å². The molecule has 1 aromatic carbocycles. The smallest absolute Gasteiger partial charge is 0.352 e. The van der Waals surface area contributed by atoms with Crippen LogP contribution >= 0.6 is 50.8 Å². The Hall–Kier alpha value is -2.81. The summed E-state index contributed by atoms with van der Waals surface area (Å²) >= 11 is 7.59. The van der Waals surface area contributed by atoms with Crippen LogP contribution in [0.4, 0.5) is 0 Å². The fourth-order valence-electron chi connectivity index (χ4n) is 3.76. The molecule has 1 saturated heterocycles. The van der Waals surface area contributed by atoms with Crippen molar-refractivity contribution in [2.45, 2.75) is 29.3 Å². The van der Waals surface area contributed by atoms with Crippen molar-refractivity contribution in [3.8, 4) is 5.75 Å². The molecular weight excluding hydrogens is 604 g/mol. The molecule has 2 aromatic heterocycles. The summed E-state index contributed by atoms with van der Waals surface area (Å²) < 4.78 is 12.9. The Kier molecular flexibility index (Phi) is 7.60. The number of β-lactam (4-membered cyclic amide) rings is 1. The number of aryl methyl sites for hydroxylation is 1.